The highest BCUT2D eigenvalue weighted by atomic mass is 35.5. The van der Waals surface area contributed by atoms with Gasteiger partial charge in [0.25, 0.3) is 5.56 Å². The molecule has 27 heavy (non-hydrogen) atoms. The van der Waals surface area contributed by atoms with Crippen molar-refractivity contribution in [1.29, 1.82) is 0 Å². The molecule has 1 aliphatic heterocycles. The number of carbonyl (C=O) groups excluding carboxylic acids is 2. The normalized spacial score (nSPS) is 16.4. The van der Waals surface area contributed by atoms with Crippen molar-refractivity contribution in [3.63, 3.8) is 0 Å². The van der Waals surface area contributed by atoms with E-state index in [1.807, 2.05) is 0 Å². The van der Waals surface area contributed by atoms with Crippen molar-refractivity contribution in [3.05, 3.63) is 33.6 Å². The Morgan fingerprint density at radius 3 is 2.78 bits per heavy atom. The molecule has 2 aromatic rings. The fourth-order valence-electron chi connectivity index (χ4n) is 2.80. The van der Waals surface area contributed by atoms with Crippen LogP contribution in [0.15, 0.2) is 28.2 Å². The van der Waals surface area contributed by atoms with Gasteiger partial charge in [-0.15, -0.1) is 0 Å². The number of thioether (sulfide) groups is 1. The van der Waals surface area contributed by atoms with Crippen LogP contribution in [0.1, 0.15) is 13.8 Å². The molecule has 3 amide bonds. The molecule has 1 aliphatic rings. The Labute approximate surface area is 164 Å². The Balaban J connectivity index is 1.99. The van der Waals surface area contributed by atoms with Crippen LogP contribution in [-0.4, -0.2) is 55.9 Å². The van der Waals surface area contributed by atoms with Gasteiger partial charge in [-0.05, 0) is 32.0 Å². The van der Waals surface area contributed by atoms with Crippen LogP contribution in [0.4, 0.5) is 4.79 Å². The summed E-state index contributed by atoms with van der Waals surface area (Å²) in [6.07, 6.45) is -0.774. The fourth-order valence-corrected chi connectivity index (χ4v) is 3.95. The van der Waals surface area contributed by atoms with Gasteiger partial charge >= 0.3 is 6.03 Å². The summed E-state index contributed by atoms with van der Waals surface area (Å²) in [5.74, 6) is -0.362. The van der Waals surface area contributed by atoms with Gasteiger partial charge in [0, 0.05) is 18.1 Å². The molecule has 1 fully saturated rings. The molecule has 0 bridgehead atoms. The number of urea groups is 1. The first-order valence-electron chi connectivity index (χ1n) is 8.42. The van der Waals surface area contributed by atoms with Gasteiger partial charge in [-0.1, -0.05) is 23.4 Å². The molecule has 3 rings (SSSR count). The van der Waals surface area contributed by atoms with Crippen molar-refractivity contribution in [2.24, 2.45) is 0 Å². The first-order valence-corrected chi connectivity index (χ1v) is 9.67. The lowest BCUT2D eigenvalue weighted by atomic mass is 10.2. The predicted octanol–water partition coefficient (Wildman–Crippen LogP) is 1.46. The Kier molecular flexibility index (Phi) is 5.73. The number of fused-ring (bicyclic) bond motifs is 1. The van der Waals surface area contributed by atoms with E-state index in [4.69, 9.17) is 11.6 Å². The summed E-state index contributed by atoms with van der Waals surface area (Å²) in [6.45, 7) is 3.98. The maximum absolute atomic E-state index is 12.9. The molecule has 1 aromatic heterocycles. The number of imide groups is 1. The number of halogens is 1. The number of hydrogen-bond donors (Lipinski definition) is 2. The molecular formula is C17H19ClN4O4S. The summed E-state index contributed by atoms with van der Waals surface area (Å²) in [4.78, 5) is 42.7. The predicted molar refractivity (Wildman–Crippen MR) is 103 cm³/mol. The van der Waals surface area contributed by atoms with Gasteiger partial charge < -0.3 is 10.4 Å². The van der Waals surface area contributed by atoms with E-state index in [0.717, 1.165) is 16.7 Å². The van der Waals surface area contributed by atoms with Crippen molar-refractivity contribution >= 4 is 46.2 Å². The minimum Gasteiger partial charge on any atom is -0.392 e. The summed E-state index contributed by atoms with van der Waals surface area (Å²) >= 11 is 7.08. The zero-order chi connectivity index (χ0) is 19.7. The minimum atomic E-state index is -0.774. The molecule has 0 radical (unpaired) electrons. The van der Waals surface area contributed by atoms with E-state index in [1.54, 1.807) is 32.0 Å². The number of aromatic nitrogens is 2. The Morgan fingerprint density at radius 2 is 2.15 bits per heavy atom. The molecule has 1 aromatic carbocycles. The van der Waals surface area contributed by atoms with Crippen molar-refractivity contribution in [1.82, 2.24) is 19.8 Å². The molecule has 1 saturated heterocycles. The van der Waals surface area contributed by atoms with E-state index >= 15 is 0 Å². The summed E-state index contributed by atoms with van der Waals surface area (Å²) in [7, 11) is 0. The van der Waals surface area contributed by atoms with E-state index in [1.165, 1.54) is 4.57 Å². The number of nitrogens with zero attached hydrogens (tertiary/aromatic N) is 3. The van der Waals surface area contributed by atoms with Gasteiger partial charge in [-0.25, -0.2) is 9.78 Å². The van der Waals surface area contributed by atoms with E-state index < -0.39 is 17.4 Å². The van der Waals surface area contributed by atoms with Crippen molar-refractivity contribution < 1.29 is 14.7 Å². The van der Waals surface area contributed by atoms with Crippen molar-refractivity contribution in [3.8, 4) is 0 Å². The summed E-state index contributed by atoms with van der Waals surface area (Å²) < 4.78 is 1.35. The van der Waals surface area contributed by atoms with Crippen LogP contribution in [0.25, 0.3) is 10.9 Å². The topological polar surface area (TPSA) is 105 Å². The molecule has 2 heterocycles. The van der Waals surface area contributed by atoms with Crippen LogP contribution >= 0.6 is 23.4 Å². The molecule has 2 atom stereocenters. The lowest BCUT2D eigenvalue weighted by Gasteiger charge is -2.19. The second kappa shape index (κ2) is 7.87. The van der Waals surface area contributed by atoms with Crippen LogP contribution in [0.5, 0.6) is 0 Å². The fraction of sp³-hybridized carbons (Fsp3) is 0.412. The monoisotopic (exact) mass is 410 g/mol. The third kappa shape index (κ3) is 4.10. The second-order valence-electron chi connectivity index (χ2n) is 6.30. The maximum atomic E-state index is 12.9. The van der Waals surface area contributed by atoms with E-state index in [9.17, 15) is 19.5 Å². The molecule has 8 nitrogen and oxygen atoms in total. The summed E-state index contributed by atoms with van der Waals surface area (Å²) in [5, 5.41) is 12.8. The third-order valence-electron chi connectivity index (χ3n) is 4.08. The third-order valence-corrected chi connectivity index (χ3v) is 5.39. The van der Waals surface area contributed by atoms with Gasteiger partial charge in [-0.2, -0.15) is 0 Å². The highest BCUT2D eigenvalue weighted by Gasteiger charge is 2.31. The van der Waals surface area contributed by atoms with Crippen LogP contribution in [0.3, 0.4) is 0 Å². The molecule has 0 aliphatic carbocycles. The van der Waals surface area contributed by atoms with E-state index in [-0.39, 0.29) is 23.2 Å². The van der Waals surface area contributed by atoms with E-state index in [0.29, 0.717) is 29.0 Å². The Morgan fingerprint density at radius 1 is 1.41 bits per heavy atom. The summed E-state index contributed by atoms with van der Waals surface area (Å²) in [5.41, 5.74) is 0.0917. The number of carbonyl (C=O) groups is 2. The molecular weight excluding hydrogens is 392 g/mol. The lowest BCUT2D eigenvalue weighted by molar-refractivity contribution is -0.126. The zero-order valence-corrected chi connectivity index (χ0v) is 16.4. The number of benzene rings is 1. The van der Waals surface area contributed by atoms with Crippen molar-refractivity contribution in [2.75, 3.05) is 13.1 Å². The average molecular weight is 411 g/mol. The smallest absolute Gasteiger partial charge is 0.324 e. The molecule has 2 N–H and O–H groups in total. The number of aliphatic hydroxyl groups is 1. The second-order valence-corrected chi connectivity index (χ2v) is 8.05. The van der Waals surface area contributed by atoms with E-state index in [2.05, 4.69) is 10.3 Å². The highest BCUT2D eigenvalue weighted by molar-refractivity contribution is 8.00. The average Bonchev–Trinajstić information content (AvgIpc) is 3.03. The van der Waals surface area contributed by atoms with Crippen LogP contribution in [0, 0.1) is 0 Å². The zero-order valence-electron chi connectivity index (χ0n) is 14.8. The molecule has 0 saturated carbocycles. The first kappa shape index (κ1) is 19.7. The standard InChI is InChI=1S/C17H19ClN4O4S/c1-9(23)8-22-15(25)12-4-3-11(18)7-13(12)20-17(22)27-10(2)14(24)21-6-5-19-16(21)26/h3-4,7,9-10,23H,5-6,8H2,1-2H3,(H,19,26)/t9-,10-/m0/s1. The van der Waals surface area contributed by atoms with Crippen LogP contribution in [-0.2, 0) is 11.3 Å². The van der Waals surface area contributed by atoms with Crippen LogP contribution in [0.2, 0.25) is 5.02 Å². The quantitative estimate of drug-likeness (QED) is 0.571. The number of aliphatic hydroxyl groups excluding tert-OH is 1. The minimum absolute atomic E-state index is 0.0395. The maximum Gasteiger partial charge on any atom is 0.324 e. The van der Waals surface area contributed by atoms with Gasteiger partial charge in [0.15, 0.2) is 5.16 Å². The molecule has 0 unspecified atom stereocenters. The van der Waals surface area contributed by atoms with Gasteiger partial charge in [0.2, 0.25) is 5.91 Å². The first-order chi connectivity index (χ1) is 12.8. The van der Waals surface area contributed by atoms with Gasteiger partial charge in [0.05, 0.1) is 28.8 Å². The molecule has 10 heteroatoms. The summed E-state index contributed by atoms with van der Waals surface area (Å²) in [6, 6.07) is 4.34. The molecule has 144 valence electrons. The van der Waals surface area contributed by atoms with Gasteiger partial charge in [-0.3, -0.25) is 19.1 Å². The number of hydrogen-bond acceptors (Lipinski definition) is 6. The lowest BCUT2D eigenvalue weighted by Crippen LogP contribution is -2.39. The number of amides is 3. The Hall–Kier alpha value is -2.10. The Bertz CT molecular complexity index is 962. The largest absolute Gasteiger partial charge is 0.392 e. The molecule has 0 spiro atoms. The van der Waals surface area contributed by atoms with Gasteiger partial charge in [0.1, 0.15) is 0 Å². The number of nitrogens with one attached hydrogen (secondary N) is 1. The number of rotatable bonds is 5. The highest BCUT2D eigenvalue weighted by Crippen LogP contribution is 2.25. The van der Waals surface area contributed by atoms with Crippen LogP contribution < -0.4 is 10.9 Å². The SMILES string of the molecule is C[C@H](O)Cn1c(S[C@@H](C)C(=O)N2CCNC2=O)nc2cc(Cl)ccc2c1=O. The van der Waals surface area contributed by atoms with Crippen molar-refractivity contribution in [2.45, 2.75) is 36.9 Å².